The monoisotopic (exact) mass is 452 g/mol. The van der Waals surface area contributed by atoms with Gasteiger partial charge in [-0.2, -0.15) is 0 Å². The normalized spacial score (nSPS) is 28.9. The Morgan fingerprint density at radius 2 is 1.68 bits per heavy atom. The lowest BCUT2D eigenvalue weighted by molar-refractivity contribution is -0.159. The van der Waals surface area contributed by atoms with Gasteiger partial charge in [-0.05, 0) is 73.9 Å². The number of ether oxygens (including phenoxy) is 2. The molecule has 2 aliphatic rings. The van der Waals surface area contributed by atoms with E-state index in [2.05, 4.69) is 47.4 Å². The number of methoxy groups -OCH3 is 2. The van der Waals surface area contributed by atoms with Crippen LogP contribution in [0.4, 0.5) is 0 Å². The number of fused-ring (bicyclic) bond motifs is 1. The van der Waals surface area contributed by atoms with Crippen LogP contribution >= 0.6 is 0 Å². The fourth-order valence-electron chi connectivity index (χ4n) is 5.61. The number of hydrogen-bond acceptors (Lipinski definition) is 5. The number of esters is 2. The maximum Gasteiger partial charge on any atom is 0.320 e. The summed E-state index contributed by atoms with van der Waals surface area (Å²) < 4.78 is 16.5. The standard InChI is InChI=1S/C25H44O5Si/c1-17(12-13-18(22(26)28-6)23(27)29-7)19-14-15-20-21(11-10-16-25(19,20)5)30-31(8,9)24(2,3)4/h18-21H,1,10-16H2,2-9H3/t19?,20?,21-,25+/m0/s1. The molecule has 5 nitrogen and oxygen atoms in total. The van der Waals surface area contributed by atoms with E-state index in [9.17, 15) is 9.59 Å². The van der Waals surface area contributed by atoms with Gasteiger partial charge in [-0.15, -0.1) is 0 Å². The van der Waals surface area contributed by atoms with Crippen molar-refractivity contribution in [1.82, 2.24) is 0 Å². The zero-order chi connectivity index (χ0) is 23.6. The first-order valence-electron chi connectivity index (χ1n) is 11.8. The zero-order valence-corrected chi connectivity index (χ0v) is 22.0. The molecule has 178 valence electrons. The molecule has 0 saturated heterocycles. The van der Waals surface area contributed by atoms with Crippen LogP contribution < -0.4 is 0 Å². The summed E-state index contributed by atoms with van der Waals surface area (Å²) >= 11 is 0. The Hall–Kier alpha value is -1.14. The molecule has 6 heteroatoms. The van der Waals surface area contributed by atoms with Gasteiger partial charge in [0.1, 0.15) is 0 Å². The van der Waals surface area contributed by atoms with Crippen LogP contribution in [0.5, 0.6) is 0 Å². The molecule has 0 radical (unpaired) electrons. The fraction of sp³-hybridized carbons (Fsp3) is 0.840. The van der Waals surface area contributed by atoms with Crippen LogP contribution in [0, 0.1) is 23.2 Å². The molecule has 2 fully saturated rings. The minimum Gasteiger partial charge on any atom is -0.468 e. The van der Waals surface area contributed by atoms with Gasteiger partial charge < -0.3 is 13.9 Å². The van der Waals surface area contributed by atoms with Gasteiger partial charge >= 0.3 is 11.9 Å². The van der Waals surface area contributed by atoms with Crippen molar-refractivity contribution in [3.05, 3.63) is 12.2 Å². The summed E-state index contributed by atoms with van der Waals surface area (Å²) in [6.45, 7) is 18.5. The Morgan fingerprint density at radius 3 is 2.19 bits per heavy atom. The number of hydrogen-bond donors (Lipinski definition) is 0. The van der Waals surface area contributed by atoms with Crippen molar-refractivity contribution in [2.24, 2.45) is 23.2 Å². The third-order valence-corrected chi connectivity index (χ3v) is 13.0. The predicted molar refractivity (Wildman–Crippen MR) is 126 cm³/mol. The maximum absolute atomic E-state index is 12.0. The van der Waals surface area contributed by atoms with Crippen molar-refractivity contribution in [2.75, 3.05) is 14.2 Å². The zero-order valence-electron chi connectivity index (χ0n) is 21.0. The summed E-state index contributed by atoms with van der Waals surface area (Å²) in [5.41, 5.74) is 1.32. The Bertz CT molecular complexity index is 664. The highest BCUT2D eigenvalue weighted by Gasteiger charge is 2.54. The van der Waals surface area contributed by atoms with E-state index in [4.69, 9.17) is 13.9 Å². The van der Waals surface area contributed by atoms with Crippen LogP contribution in [0.2, 0.25) is 18.1 Å². The predicted octanol–water partition coefficient (Wildman–Crippen LogP) is 5.89. The average Bonchev–Trinajstić information content (AvgIpc) is 3.04. The van der Waals surface area contributed by atoms with Gasteiger partial charge in [-0.25, -0.2) is 0 Å². The van der Waals surface area contributed by atoms with E-state index in [1.165, 1.54) is 27.1 Å². The van der Waals surface area contributed by atoms with Gasteiger partial charge in [-0.3, -0.25) is 9.59 Å². The van der Waals surface area contributed by atoms with Crippen molar-refractivity contribution in [3.8, 4) is 0 Å². The highest BCUT2D eigenvalue weighted by Crippen LogP contribution is 2.59. The van der Waals surface area contributed by atoms with Crippen LogP contribution in [0.15, 0.2) is 12.2 Å². The Labute approximate surface area is 190 Å². The van der Waals surface area contributed by atoms with Crippen molar-refractivity contribution in [3.63, 3.8) is 0 Å². The van der Waals surface area contributed by atoms with Gasteiger partial charge in [0.15, 0.2) is 14.2 Å². The molecule has 2 aliphatic carbocycles. The van der Waals surface area contributed by atoms with Gasteiger partial charge in [0.25, 0.3) is 0 Å². The molecule has 31 heavy (non-hydrogen) atoms. The molecule has 0 aromatic carbocycles. The minimum atomic E-state index is -1.82. The topological polar surface area (TPSA) is 61.8 Å². The molecule has 4 atom stereocenters. The van der Waals surface area contributed by atoms with Crippen molar-refractivity contribution in [1.29, 1.82) is 0 Å². The average molecular weight is 453 g/mol. The molecule has 2 saturated carbocycles. The molecular weight excluding hydrogens is 408 g/mol. The number of rotatable bonds is 8. The molecule has 0 amide bonds. The van der Waals surface area contributed by atoms with Crippen LogP contribution in [0.3, 0.4) is 0 Å². The third kappa shape index (κ3) is 5.44. The Morgan fingerprint density at radius 1 is 1.10 bits per heavy atom. The van der Waals surface area contributed by atoms with Crippen LogP contribution in [-0.4, -0.2) is 40.6 Å². The van der Waals surface area contributed by atoms with Gasteiger partial charge in [0.05, 0.1) is 14.2 Å². The number of allylic oxidation sites excluding steroid dienone is 1. The number of carbonyl (C=O) groups excluding carboxylic acids is 2. The lowest BCUT2D eigenvalue weighted by Crippen LogP contribution is -2.50. The first kappa shape index (κ1) is 26.1. The number of carbonyl (C=O) groups is 2. The highest BCUT2D eigenvalue weighted by molar-refractivity contribution is 6.74. The summed E-state index contributed by atoms with van der Waals surface area (Å²) in [5, 5.41) is 0.208. The SMILES string of the molecule is C=C(CCC(C(=O)OC)C(=O)OC)C1CCC2[C@@H](O[Si](C)(C)C(C)(C)C)CCC[C@]12C. The largest absolute Gasteiger partial charge is 0.468 e. The van der Waals surface area contributed by atoms with E-state index < -0.39 is 26.2 Å². The van der Waals surface area contributed by atoms with E-state index >= 15 is 0 Å². The Kier molecular flexibility index (Phi) is 8.24. The molecule has 0 aromatic rings. The highest BCUT2D eigenvalue weighted by atomic mass is 28.4. The molecule has 2 unspecified atom stereocenters. The van der Waals surface area contributed by atoms with E-state index in [-0.39, 0.29) is 10.5 Å². The van der Waals surface area contributed by atoms with E-state index in [1.807, 2.05) is 0 Å². The second-order valence-electron chi connectivity index (χ2n) is 11.3. The second kappa shape index (κ2) is 9.78. The minimum absolute atomic E-state index is 0.175. The maximum atomic E-state index is 12.0. The van der Waals surface area contributed by atoms with E-state index in [0.717, 1.165) is 24.8 Å². The smallest absolute Gasteiger partial charge is 0.320 e. The van der Waals surface area contributed by atoms with Crippen LogP contribution in [0.25, 0.3) is 0 Å². The van der Waals surface area contributed by atoms with Crippen molar-refractivity contribution < 1.29 is 23.5 Å². The quantitative estimate of drug-likeness (QED) is 0.199. The van der Waals surface area contributed by atoms with E-state index in [0.29, 0.717) is 30.8 Å². The molecule has 0 spiro atoms. The summed E-state index contributed by atoms with van der Waals surface area (Å²) in [6.07, 6.45) is 7.15. The lowest BCUT2D eigenvalue weighted by Gasteiger charge is -2.49. The molecular formula is C25H44O5Si. The summed E-state index contributed by atoms with van der Waals surface area (Å²) in [7, 11) is 0.788. The fourth-order valence-corrected chi connectivity index (χ4v) is 7.00. The first-order valence-corrected chi connectivity index (χ1v) is 14.7. The van der Waals surface area contributed by atoms with Gasteiger partial charge in [0.2, 0.25) is 0 Å². The van der Waals surface area contributed by atoms with Gasteiger partial charge in [0, 0.05) is 6.10 Å². The van der Waals surface area contributed by atoms with E-state index in [1.54, 1.807) is 0 Å². The van der Waals surface area contributed by atoms with Crippen molar-refractivity contribution in [2.45, 2.75) is 96.9 Å². The van der Waals surface area contributed by atoms with Crippen LogP contribution in [-0.2, 0) is 23.5 Å². The summed E-state index contributed by atoms with van der Waals surface area (Å²) in [5.74, 6) is -0.988. The molecule has 0 heterocycles. The van der Waals surface area contributed by atoms with Crippen molar-refractivity contribution >= 4 is 20.3 Å². The molecule has 0 aromatic heterocycles. The molecule has 0 N–H and O–H groups in total. The molecule has 0 aliphatic heterocycles. The third-order valence-electron chi connectivity index (χ3n) is 8.53. The Balaban J connectivity index is 2.10. The first-order chi connectivity index (χ1) is 14.3. The second-order valence-corrected chi connectivity index (χ2v) is 16.1. The van der Waals surface area contributed by atoms with Gasteiger partial charge in [-0.1, -0.05) is 46.3 Å². The summed E-state index contributed by atoms with van der Waals surface area (Å²) in [6, 6.07) is 0. The lowest BCUT2D eigenvalue weighted by atomic mass is 9.62. The molecule has 2 rings (SSSR count). The van der Waals surface area contributed by atoms with Crippen LogP contribution in [0.1, 0.15) is 72.6 Å². The molecule has 0 bridgehead atoms. The summed E-state index contributed by atoms with van der Waals surface area (Å²) in [4.78, 5) is 24.1.